The first-order chi connectivity index (χ1) is 12.1. The molecule has 5 heteroatoms. The molecule has 2 N–H and O–H groups in total. The zero-order valence-electron chi connectivity index (χ0n) is 13.7. The quantitative estimate of drug-likeness (QED) is 0.604. The molecule has 25 heavy (non-hydrogen) atoms. The number of carbonyl (C=O) groups is 1. The van der Waals surface area contributed by atoms with E-state index in [1.54, 1.807) is 12.1 Å². The number of rotatable bonds is 3. The normalized spacial score (nSPS) is 11.1. The fourth-order valence-electron chi connectivity index (χ4n) is 3.15. The van der Waals surface area contributed by atoms with Crippen LogP contribution in [-0.4, -0.2) is 15.5 Å². The summed E-state index contributed by atoms with van der Waals surface area (Å²) >= 11 is 0. The van der Waals surface area contributed by atoms with E-state index in [9.17, 15) is 9.59 Å². The topological polar surface area (TPSA) is 66.9 Å². The highest BCUT2D eigenvalue weighted by molar-refractivity contribution is 5.94. The molecule has 0 saturated heterocycles. The molecule has 0 aliphatic rings. The first-order valence-corrected chi connectivity index (χ1v) is 8.07. The summed E-state index contributed by atoms with van der Waals surface area (Å²) < 4.78 is 1.91. The molecule has 1 amide bonds. The molecule has 0 aliphatic carbocycles. The Hall–Kier alpha value is -3.34. The van der Waals surface area contributed by atoms with Crippen LogP contribution < -0.4 is 10.9 Å². The Morgan fingerprint density at radius 3 is 2.84 bits per heavy atom. The predicted octanol–water partition coefficient (Wildman–Crippen LogP) is 3.43. The number of hydrogen-bond donors (Lipinski definition) is 2. The maximum absolute atomic E-state index is 12.4. The van der Waals surface area contributed by atoms with Gasteiger partial charge in [0.15, 0.2) is 0 Å². The summed E-state index contributed by atoms with van der Waals surface area (Å²) in [5.41, 5.74) is 3.17. The number of nitrogens with zero attached hydrogens (tertiary/aromatic N) is 1. The molecule has 0 atom stereocenters. The molecule has 0 spiro atoms. The van der Waals surface area contributed by atoms with Crippen LogP contribution in [0.15, 0.2) is 65.6 Å². The molecule has 0 fully saturated rings. The maximum Gasteiger partial charge on any atom is 0.248 e. The third kappa shape index (κ3) is 2.92. The zero-order chi connectivity index (χ0) is 17.4. The van der Waals surface area contributed by atoms with Gasteiger partial charge in [-0.3, -0.25) is 9.59 Å². The number of aromatic amines is 1. The van der Waals surface area contributed by atoms with E-state index in [-0.39, 0.29) is 18.0 Å². The lowest BCUT2D eigenvalue weighted by molar-refractivity contribution is -0.116. The van der Waals surface area contributed by atoms with Crippen LogP contribution >= 0.6 is 0 Å². The van der Waals surface area contributed by atoms with Gasteiger partial charge in [0.05, 0.1) is 5.52 Å². The molecule has 4 aromatic rings. The van der Waals surface area contributed by atoms with E-state index >= 15 is 0 Å². The van der Waals surface area contributed by atoms with Crippen LogP contribution in [0.5, 0.6) is 0 Å². The SMILES string of the molecule is Cc1cc(=O)[nH]c2cc(NC(=O)Cn3ccc4ccccc43)ccc12. The van der Waals surface area contributed by atoms with Gasteiger partial charge in [-0.1, -0.05) is 24.3 Å². The monoisotopic (exact) mass is 331 g/mol. The van der Waals surface area contributed by atoms with Crippen molar-refractivity contribution in [2.24, 2.45) is 0 Å². The second-order valence-electron chi connectivity index (χ2n) is 6.13. The lowest BCUT2D eigenvalue weighted by Crippen LogP contribution is -2.18. The van der Waals surface area contributed by atoms with Crippen molar-refractivity contribution in [1.82, 2.24) is 9.55 Å². The minimum absolute atomic E-state index is 0.115. The number of anilines is 1. The summed E-state index contributed by atoms with van der Waals surface area (Å²) in [5, 5.41) is 4.97. The summed E-state index contributed by atoms with van der Waals surface area (Å²) in [7, 11) is 0. The van der Waals surface area contributed by atoms with Crippen LogP contribution in [0.4, 0.5) is 5.69 Å². The van der Waals surface area contributed by atoms with E-state index in [2.05, 4.69) is 10.3 Å². The minimum atomic E-state index is -0.146. The number of para-hydroxylation sites is 1. The Balaban J connectivity index is 1.58. The van der Waals surface area contributed by atoms with Crippen LogP contribution in [0.25, 0.3) is 21.8 Å². The number of aryl methyl sites for hydroxylation is 1. The van der Waals surface area contributed by atoms with Gasteiger partial charge >= 0.3 is 0 Å². The van der Waals surface area contributed by atoms with E-state index in [0.29, 0.717) is 11.2 Å². The highest BCUT2D eigenvalue weighted by atomic mass is 16.2. The van der Waals surface area contributed by atoms with Gasteiger partial charge in [0.1, 0.15) is 6.54 Å². The molecule has 0 aliphatic heterocycles. The average Bonchev–Trinajstić information content (AvgIpc) is 2.97. The smallest absolute Gasteiger partial charge is 0.248 e. The summed E-state index contributed by atoms with van der Waals surface area (Å²) in [4.78, 5) is 26.8. The van der Waals surface area contributed by atoms with Gasteiger partial charge in [0, 0.05) is 28.9 Å². The van der Waals surface area contributed by atoms with Crippen LogP contribution in [0.2, 0.25) is 0 Å². The average molecular weight is 331 g/mol. The number of carbonyl (C=O) groups excluding carboxylic acids is 1. The second-order valence-corrected chi connectivity index (χ2v) is 6.13. The molecular weight excluding hydrogens is 314 g/mol. The van der Waals surface area contributed by atoms with E-state index < -0.39 is 0 Å². The molecule has 0 unspecified atom stereocenters. The highest BCUT2D eigenvalue weighted by Gasteiger charge is 2.08. The Kier molecular flexibility index (Phi) is 3.61. The second kappa shape index (κ2) is 5.94. The van der Waals surface area contributed by atoms with Crippen LogP contribution in [-0.2, 0) is 11.3 Å². The molecule has 2 heterocycles. The van der Waals surface area contributed by atoms with Crippen LogP contribution in [0.1, 0.15) is 5.56 Å². The van der Waals surface area contributed by atoms with E-state index in [1.807, 2.05) is 60.2 Å². The van der Waals surface area contributed by atoms with Gasteiger partial charge in [0.2, 0.25) is 11.5 Å². The Morgan fingerprint density at radius 2 is 1.96 bits per heavy atom. The molecule has 0 bridgehead atoms. The molecule has 124 valence electrons. The van der Waals surface area contributed by atoms with Crippen molar-refractivity contribution < 1.29 is 4.79 Å². The molecule has 2 aromatic heterocycles. The number of H-pyrrole nitrogens is 1. The van der Waals surface area contributed by atoms with Crippen LogP contribution in [0.3, 0.4) is 0 Å². The van der Waals surface area contributed by atoms with Crippen molar-refractivity contribution in [1.29, 1.82) is 0 Å². The number of fused-ring (bicyclic) bond motifs is 2. The fraction of sp³-hybridized carbons (Fsp3) is 0.100. The van der Waals surface area contributed by atoms with Crippen molar-refractivity contribution >= 4 is 33.4 Å². The van der Waals surface area contributed by atoms with Gasteiger partial charge in [0.25, 0.3) is 0 Å². The third-order valence-electron chi connectivity index (χ3n) is 4.33. The van der Waals surface area contributed by atoms with Gasteiger partial charge in [-0.2, -0.15) is 0 Å². The summed E-state index contributed by atoms with van der Waals surface area (Å²) in [5.74, 6) is -0.115. The van der Waals surface area contributed by atoms with Gasteiger partial charge in [-0.15, -0.1) is 0 Å². The molecule has 0 saturated carbocycles. The van der Waals surface area contributed by atoms with Gasteiger partial charge in [-0.05, 0) is 42.1 Å². The van der Waals surface area contributed by atoms with Gasteiger partial charge < -0.3 is 14.9 Å². The zero-order valence-corrected chi connectivity index (χ0v) is 13.7. The van der Waals surface area contributed by atoms with E-state index in [1.165, 1.54) is 0 Å². The summed E-state index contributed by atoms with van der Waals surface area (Å²) in [6.07, 6.45) is 1.91. The standard InChI is InChI=1S/C20H17N3O2/c1-13-10-19(24)22-17-11-15(6-7-16(13)17)21-20(25)12-23-9-8-14-4-2-3-5-18(14)23/h2-11H,12H2,1H3,(H,21,25)(H,22,24). The maximum atomic E-state index is 12.4. The number of pyridine rings is 1. The molecule has 2 aromatic carbocycles. The largest absolute Gasteiger partial charge is 0.338 e. The molecular formula is C20H17N3O2. The Morgan fingerprint density at radius 1 is 1.12 bits per heavy atom. The third-order valence-corrected chi connectivity index (χ3v) is 4.33. The van der Waals surface area contributed by atoms with Gasteiger partial charge in [-0.25, -0.2) is 0 Å². The number of benzene rings is 2. The lowest BCUT2D eigenvalue weighted by Gasteiger charge is -2.09. The molecule has 4 rings (SSSR count). The van der Waals surface area contributed by atoms with Crippen molar-refractivity contribution in [2.75, 3.05) is 5.32 Å². The first-order valence-electron chi connectivity index (χ1n) is 8.07. The predicted molar refractivity (Wildman–Crippen MR) is 99.9 cm³/mol. The highest BCUT2D eigenvalue weighted by Crippen LogP contribution is 2.19. The lowest BCUT2D eigenvalue weighted by atomic mass is 10.1. The summed E-state index contributed by atoms with van der Waals surface area (Å²) in [6, 6.07) is 17.0. The van der Waals surface area contributed by atoms with E-state index in [4.69, 9.17) is 0 Å². The van der Waals surface area contributed by atoms with Crippen molar-refractivity contribution in [3.63, 3.8) is 0 Å². The number of nitrogens with one attached hydrogen (secondary N) is 2. The molecule has 5 nitrogen and oxygen atoms in total. The number of aromatic nitrogens is 2. The summed E-state index contributed by atoms with van der Waals surface area (Å²) in [6.45, 7) is 2.13. The van der Waals surface area contributed by atoms with Crippen LogP contribution in [0, 0.1) is 6.92 Å². The Labute approximate surface area is 143 Å². The van der Waals surface area contributed by atoms with Crippen molar-refractivity contribution in [2.45, 2.75) is 13.5 Å². The van der Waals surface area contributed by atoms with Crippen molar-refractivity contribution in [3.05, 3.63) is 76.7 Å². The Bertz CT molecular complexity index is 1150. The van der Waals surface area contributed by atoms with E-state index in [0.717, 1.165) is 21.9 Å². The minimum Gasteiger partial charge on any atom is -0.338 e. The number of amides is 1. The number of hydrogen-bond acceptors (Lipinski definition) is 2. The fourth-order valence-corrected chi connectivity index (χ4v) is 3.15. The first kappa shape index (κ1) is 15.2. The van der Waals surface area contributed by atoms with Crippen molar-refractivity contribution in [3.8, 4) is 0 Å². The molecule has 0 radical (unpaired) electrons.